The lowest BCUT2D eigenvalue weighted by Gasteiger charge is -2.36. The Bertz CT molecular complexity index is 328. The maximum absolute atomic E-state index is 5.76. The van der Waals surface area contributed by atoms with E-state index in [1.807, 2.05) is 6.92 Å². The Balaban J connectivity index is 2.19. The molecule has 1 aliphatic rings. The van der Waals surface area contributed by atoms with Crippen LogP contribution in [0.5, 0.6) is 0 Å². The lowest BCUT2D eigenvalue weighted by atomic mass is 9.69. The molecule has 1 fully saturated rings. The monoisotopic (exact) mass is 211 g/mol. The molecule has 1 aromatic heterocycles. The highest BCUT2D eigenvalue weighted by atomic mass is 16.5. The normalized spacial score (nSPS) is 21.0. The van der Waals surface area contributed by atoms with Crippen molar-refractivity contribution in [1.29, 1.82) is 0 Å². The van der Waals surface area contributed by atoms with E-state index < -0.39 is 0 Å². The van der Waals surface area contributed by atoms with Crippen LogP contribution < -0.4 is 5.73 Å². The smallest absolute Gasteiger partial charge is 0.234 e. The van der Waals surface area contributed by atoms with Gasteiger partial charge < -0.3 is 15.0 Å². The molecule has 84 valence electrons. The molecule has 1 unspecified atom stereocenters. The van der Waals surface area contributed by atoms with Gasteiger partial charge in [-0.3, -0.25) is 0 Å². The molecular formula is C10H17N3O2. The zero-order valence-corrected chi connectivity index (χ0v) is 9.19. The van der Waals surface area contributed by atoms with Gasteiger partial charge in [-0.2, -0.15) is 4.98 Å². The molecule has 0 amide bonds. The maximum atomic E-state index is 5.76. The van der Waals surface area contributed by atoms with Gasteiger partial charge in [-0.05, 0) is 19.8 Å². The third-order valence-corrected chi connectivity index (χ3v) is 3.31. The van der Waals surface area contributed by atoms with Crippen molar-refractivity contribution in [2.45, 2.75) is 37.7 Å². The average Bonchev–Trinajstić information content (AvgIpc) is 2.65. The average molecular weight is 211 g/mol. The second-order valence-electron chi connectivity index (χ2n) is 4.17. The maximum Gasteiger partial charge on any atom is 0.234 e. The van der Waals surface area contributed by atoms with Crippen LogP contribution in [0.1, 0.15) is 44.0 Å². The van der Waals surface area contributed by atoms with Crippen molar-refractivity contribution in [3.05, 3.63) is 11.7 Å². The molecule has 0 bridgehead atoms. The Morgan fingerprint density at radius 1 is 1.60 bits per heavy atom. The van der Waals surface area contributed by atoms with Gasteiger partial charge in [0.25, 0.3) is 0 Å². The molecule has 5 heteroatoms. The van der Waals surface area contributed by atoms with Crippen molar-refractivity contribution in [2.24, 2.45) is 5.73 Å². The summed E-state index contributed by atoms with van der Waals surface area (Å²) in [6, 6.07) is 0. The van der Waals surface area contributed by atoms with Crippen molar-refractivity contribution in [3.8, 4) is 0 Å². The molecule has 15 heavy (non-hydrogen) atoms. The minimum atomic E-state index is -0.127. The number of hydrogen-bond donors (Lipinski definition) is 1. The molecule has 1 aliphatic carbocycles. The fourth-order valence-electron chi connectivity index (χ4n) is 1.83. The SMILES string of the molecule is COC(C)c1noc(C2(CN)CCC2)n1. The molecule has 5 nitrogen and oxygen atoms in total. The van der Waals surface area contributed by atoms with Crippen LogP contribution in [0, 0.1) is 0 Å². The molecule has 0 aromatic carbocycles. The molecule has 0 saturated heterocycles. The van der Waals surface area contributed by atoms with Gasteiger partial charge in [0.1, 0.15) is 6.10 Å². The zero-order chi connectivity index (χ0) is 10.9. The fourth-order valence-corrected chi connectivity index (χ4v) is 1.83. The van der Waals surface area contributed by atoms with Crippen molar-refractivity contribution in [2.75, 3.05) is 13.7 Å². The Kier molecular flexibility index (Phi) is 2.75. The zero-order valence-electron chi connectivity index (χ0n) is 9.19. The van der Waals surface area contributed by atoms with Crippen LogP contribution in [0.25, 0.3) is 0 Å². The summed E-state index contributed by atoms with van der Waals surface area (Å²) in [5.74, 6) is 1.28. The number of rotatable bonds is 4. The summed E-state index contributed by atoms with van der Waals surface area (Å²) in [4.78, 5) is 4.36. The Morgan fingerprint density at radius 2 is 2.33 bits per heavy atom. The van der Waals surface area contributed by atoms with Gasteiger partial charge in [0, 0.05) is 13.7 Å². The lowest BCUT2D eigenvalue weighted by molar-refractivity contribution is 0.109. The van der Waals surface area contributed by atoms with E-state index in [-0.39, 0.29) is 11.5 Å². The van der Waals surface area contributed by atoms with Gasteiger partial charge in [-0.25, -0.2) is 0 Å². The Labute approximate surface area is 89.0 Å². The second-order valence-corrected chi connectivity index (χ2v) is 4.17. The molecule has 2 N–H and O–H groups in total. The van der Waals surface area contributed by atoms with E-state index in [0.29, 0.717) is 18.3 Å². The van der Waals surface area contributed by atoms with Gasteiger partial charge in [-0.15, -0.1) is 0 Å². The van der Waals surface area contributed by atoms with E-state index in [1.165, 1.54) is 6.42 Å². The van der Waals surface area contributed by atoms with Crippen molar-refractivity contribution < 1.29 is 9.26 Å². The van der Waals surface area contributed by atoms with Gasteiger partial charge in [-0.1, -0.05) is 11.6 Å². The summed E-state index contributed by atoms with van der Waals surface area (Å²) in [7, 11) is 1.63. The van der Waals surface area contributed by atoms with E-state index >= 15 is 0 Å². The summed E-state index contributed by atoms with van der Waals surface area (Å²) >= 11 is 0. The van der Waals surface area contributed by atoms with E-state index in [2.05, 4.69) is 10.1 Å². The Hall–Kier alpha value is -0.940. The topological polar surface area (TPSA) is 74.2 Å². The van der Waals surface area contributed by atoms with Crippen molar-refractivity contribution >= 4 is 0 Å². The predicted octanol–water partition coefficient (Wildman–Crippen LogP) is 1.16. The first-order valence-electron chi connectivity index (χ1n) is 5.29. The molecule has 1 atom stereocenters. The summed E-state index contributed by atoms with van der Waals surface area (Å²) in [6.45, 7) is 2.47. The first-order valence-corrected chi connectivity index (χ1v) is 5.29. The summed E-state index contributed by atoms with van der Waals surface area (Å²) in [5, 5.41) is 3.92. The number of methoxy groups -OCH3 is 1. The van der Waals surface area contributed by atoms with Crippen LogP contribution in [-0.2, 0) is 10.2 Å². The van der Waals surface area contributed by atoms with Gasteiger partial charge in [0.15, 0.2) is 5.82 Å². The van der Waals surface area contributed by atoms with Crippen LogP contribution in [0.2, 0.25) is 0 Å². The molecule has 1 heterocycles. The standard InChI is InChI=1S/C10H17N3O2/c1-7(14-2)8-12-9(15-13-8)10(6-11)4-3-5-10/h7H,3-6,11H2,1-2H3. The highest BCUT2D eigenvalue weighted by molar-refractivity contribution is 5.11. The molecule has 0 spiro atoms. The largest absolute Gasteiger partial charge is 0.374 e. The number of nitrogens with two attached hydrogens (primary N) is 1. The number of hydrogen-bond acceptors (Lipinski definition) is 5. The Morgan fingerprint density at radius 3 is 2.80 bits per heavy atom. The van der Waals surface area contributed by atoms with E-state index in [9.17, 15) is 0 Å². The highest BCUT2D eigenvalue weighted by Crippen LogP contribution is 2.42. The van der Waals surface area contributed by atoms with E-state index in [1.54, 1.807) is 7.11 Å². The fraction of sp³-hybridized carbons (Fsp3) is 0.800. The van der Waals surface area contributed by atoms with Crippen LogP contribution in [0.15, 0.2) is 4.52 Å². The molecule has 1 aromatic rings. The van der Waals surface area contributed by atoms with Gasteiger partial charge in [0.05, 0.1) is 5.41 Å². The summed E-state index contributed by atoms with van der Waals surface area (Å²) < 4.78 is 10.4. The molecule has 1 saturated carbocycles. The summed E-state index contributed by atoms with van der Waals surface area (Å²) in [5.41, 5.74) is 5.70. The first-order chi connectivity index (χ1) is 7.22. The van der Waals surface area contributed by atoms with Gasteiger partial charge in [0.2, 0.25) is 5.89 Å². The summed E-state index contributed by atoms with van der Waals surface area (Å²) in [6.07, 6.45) is 3.16. The van der Waals surface area contributed by atoms with E-state index in [4.69, 9.17) is 15.0 Å². The van der Waals surface area contributed by atoms with Crippen molar-refractivity contribution in [1.82, 2.24) is 10.1 Å². The third kappa shape index (κ3) is 1.66. The number of nitrogens with zero attached hydrogens (tertiary/aromatic N) is 2. The highest BCUT2D eigenvalue weighted by Gasteiger charge is 2.42. The minimum absolute atomic E-state index is 0.0568. The van der Waals surface area contributed by atoms with Crippen LogP contribution >= 0.6 is 0 Å². The quantitative estimate of drug-likeness (QED) is 0.808. The second kappa shape index (κ2) is 3.90. The van der Waals surface area contributed by atoms with Crippen LogP contribution in [0.4, 0.5) is 0 Å². The molecule has 0 radical (unpaired) electrons. The minimum Gasteiger partial charge on any atom is -0.374 e. The third-order valence-electron chi connectivity index (χ3n) is 3.31. The van der Waals surface area contributed by atoms with Crippen LogP contribution in [0.3, 0.4) is 0 Å². The molecular weight excluding hydrogens is 194 g/mol. The van der Waals surface area contributed by atoms with E-state index in [0.717, 1.165) is 12.8 Å². The number of aromatic nitrogens is 2. The first kappa shape index (κ1) is 10.6. The van der Waals surface area contributed by atoms with Gasteiger partial charge >= 0.3 is 0 Å². The number of ether oxygens (including phenoxy) is 1. The molecule has 2 rings (SSSR count). The lowest BCUT2D eigenvalue weighted by Crippen LogP contribution is -2.41. The molecule has 0 aliphatic heterocycles. The predicted molar refractivity (Wildman–Crippen MR) is 54.3 cm³/mol. The van der Waals surface area contributed by atoms with Crippen LogP contribution in [-0.4, -0.2) is 23.8 Å². The van der Waals surface area contributed by atoms with Crippen molar-refractivity contribution in [3.63, 3.8) is 0 Å².